The van der Waals surface area contributed by atoms with Crippen molar-refractivity contribution in [1.82, 2.24) is 24.7 Å². The van der Waals surface area contributed by atoms with E-state index in [-0.39, 0.29) is 0 Å². The summed E-state index contributed by atoms with van der Waals surface area (Å²) in [6.07, 6.45) is 3.81. The van der Waals surface area contributed by atoms with Gasteiger partial charge in [0.1, 0.15) is 5.15 Å². The number of halogens is 1. The van der Waals surface area contributed by atoms with Crippen LogP contribution in [0.4, 0.5) is 0 Å². The van der Waals surface area contributed by atoms with Crippen molar-refractivity contribution in [3.8, 4) is 11.4 Å². The smallest absolute Gasteiger partial charge is 0.216 e. The largest absolute Gasteiger partial charge is 0.253 e. The third-order valence-electron chi connectivity index (χ3n) is 4.10. The van der Waals surface area contributed by atoms with Crippen LogP contribution in [0, 0.1) is 18.6 Å². The van der Waals surface area contributed by atoms with Crippen molar-refractivity contribution in [3.05, 3.63) is 51.0 Å². The van der Waals surface area contributed by atoms with Crippen molar-refractivity contribution in [2.24, 2.45) is 5.10 Å². The van der Waals surface area contributed by atoms with Gasteiger partial charge in [-0.15, -0.1) is 0 Å². The van der Waals surface area contributed by atoms with E-state index in [0.29, 0.717) is 15.7 Å². The van der Waals surface area contributed by atoms with Crippen LogP contribution in [0.15, 0.2) is 29.4 Å². The molecule has 26 heavy (non-hydrogen) atoms. The van der Waals surface area contributed by atoms with Crippen molar-refractivity contribution in [2.75, 3.05) is 0 Å². The molecule has 0 amide bonds. The molecule has 1 aromatic carbocycles. The van der Waals surface area contributed by atoms with Crippen LogP contribution < -0.4 is 0 Å². The highest BCUT2D eigenvalue weighted by molar-refractivity contribution is 7.71. The minimum atomic E-state index is 0.420. The lowest BCUT2D eigenvalue weighted by Gasteiger charge is -2.02. The van der Waals surface area contributed by atoms with Gasteiger partial charge in [0.05, 0.1) is 17.5 Å². The zero-order valence-electron chi connectivity index (χ0n) is 15.0. The molecule has 0 radical (unpaired) electrons. The second kappa shape index (κ2) is 7.97. The number of hydrogen-bond acceptors (Lipinski definition) is 4. The first-order valence-electron chi connectivity index (χ1n) is 8.53. The van der Waals surface area contributed by atoms with Crippen molar-refractivity contribution in [1.29, 1.82) is 0 Å². The summed E-state index contributed by atoms with van der Waals surface area (Å²) in [5, 5.41) is 16.7. The van der Waals surface area contributed by atoms with Crippen molar-refractivity contribution in [2.45, 2.75) is 40.2 Å². The molecule has 8 heteroatoms. The van der Waals surface area contributed by atoms with E-state index in [1.54, 1.807) is 10.9 Å². The second-order valence-corrected chi connectivity index (χ2v) is 6.89. The predicted octanol–water partition coefficient (Wildman–Crippen LogP) is 4.76. The Bertz CT molecular complexity index is 980. The number of H-pyrrole nitrogens is 1. The SMILES string of the molecule is CCCCn1nc(C)c(/C=N\n2c(-c3ccc(C)cc3)n[nH]c2=S)c1Cl. The van der Waals surface area contributed by atoms with Crippen LogP contribution in [-0.4, -0.2) is 30.9 Å². The predicted molar refractivity (Wildman–Crippen MR) is 107 cm³/mol. The minimum Gasteiger partial charge on any atom is -0.253 e. The Morgan fingerprint density at radius 3 is 2.69 bits per heavy atom. The van der Waals surface area contributed by atoms with E-state index in [1.165, 1.54) is 5.56 Å². The molecule has 0 saturated carbocycles. The Morgan fingerprint density at radius 2 is 2.00 bits per heavy atom. The van der Waals surface area contributed by atoms with E-state index < -0.39 is 0 Å². The van der Waals surface area contributed by atoms with E-state index in [1.807, 2.05) is 42.8 Å². The van der Waals surface area contributed by atoms with Gasteiger partial charge in [-0.3, -0.25) is 4.68 Å². The third kappa shape index (κ3) is 3.78. The number of unbranched alkanes of at least 4 members (excludes halogenated alkanes) is 1. The lowest BCUT2D eigenvalue weighted by Crippen LogP contribution is -2.00. The summed E-state index contributed by atoms with van der Waals surface area (Å²) < 4.78 is 3.83. The van der Waals surface area contributed by atoms with E-state index in [9.17, 15) is 0 Å². The van der Waals surface area contributed by atoms with Gasteiger partial charge in [0.25, 0.3) is 0 Å². The summed E-state index contributed by atoms with van der Waals surface area (Å²) in [6.45, 7) is 6.90. The number of aromatic amines is 1. The molecule has 0 aliphatic rings. The number of hydrogen-bond donors (Lipinski definition) is 1. The first-order valence-corrected chi connectivity index (χ1v) is 9.31. The number of nitrogens with one attached hydrogen (secondary N) is 1. The maximum absolute atomic E-state index is 6.47. The molecule has 3 aromatic rings. The summed E-state index contributed by atoms with van der Waals surface area (Å²) in [7, 11) is 0. The molecule has 136 valence electrons. The van der Waals surface area contributed by atoms with Gasteiger partial charge in [0.15, 0.2) is 5.82 Å². The fraction of sp³-hybridized carbons (Fsp3) is 0.333. The van der Waals surface area contributed by atoms with Gasteiger partial charge >= 0.3 is 0 Å². The van der Waals surface area contributed by atoms with Gasteiger partial charge in [-0.05, 0) is 32.5 Å². The fourth-order valence-electron chi connectivity index (χ4n) is 2.57. The summed E-state index contributed by atoms with van der Waals surface area (Å²) in [6, 6.07) is 8.04. The van der Waals surface area contributed by atoms with Gasteiger partial charge in [-0.2, -0.15) is 20.0 Å². The highest BCUT2D eigenvalue weighted by atomic mass is 35.5. The molecule has 1 N–H and O–H groups in total. The number of aryl methyl sites for hydroxylation is 3. The van der Waals surface area contributed by atoms with Crippen molar-refractivity contribution < 1.29 is 0 Å². The van der Waals surface area contributed by atoms with Crippen LogP contribution in [0.1, 0.15) is 36.6 Å². The average Bonchev–Trinajstić information content (AvgIpc) is 3.12. The maximum Gasteiger partial charge on any atom is 0.216 e. The minimum absolute atomic E-state index is 0.420. The Labute approximate surface area is 162 Å². The number of nitrogens with zero attached hydrogens (tertiary/aromatic N) is 5. The molecule has 0 aliphatic heterocycles. The van der Waals surface area contributed by atoms with Crippen molar-refractivity contribution in [3.63, 3.8) is 0 Å². The summed E-state index contributed by atoms with van der Waals surface area (Å²) in [5.41, 5.74) is 3.74. The highest BCUT2D eigenvalue weighted by Crippen LogP contribution is 2.20. The van der Waals surface area contributed by atoms with Crippen LogP contribution in [-0.2, 0) is 6.54 Å². The quantitative estimate of drug-likeness (QED) is 0.489. The van der Waals surface area contributed by atoms with Gasteiger partial charge in [-0.25, -0.2) is 5.10 Å². The molecule has 3 rings (SSSR count). The first kappa shape index (κ1) is 18.5. The average molecular weight is 389 g/mol. The van der Waals surface area contributed by atoms with Crippen LogP contribution in [0.3, 0.4) is 0 Å². The van der Waals surface area contributed by atoms with Gasteiger partial charge in [0.2, 0.25) is 4.77 Å². The molecule has 0 fully saturated rings. The molecule has 0 unspecified atom stereocenters. The molecular formula is C18H21ClN6S. The zero-order valence-corrected chi connectivity index (χ0v) is 16.6. The van der Waals surface area contributed by atoms with Gasteiger partial charge in [0, 0.05) is 12.1 Å². The second-order valence-electron chi connectivity index (χ2n) is 6.14. The lowest BCUT2D eigenvalue weighted by atomic mass is 10.1. The number of rotatable bonds is 6. The topological polar surface area (TPSA) is 63.8 Å². The lowest BCUT2D eigenvalue weighted by molar-refractivity contribution is 0.569. The molecule has 0 bridgehead atoms. The third-order valence-corrected chi connectivity index (χ3v) is 4.76. The molecule has 6 nitrogen and oxygen atoms in total. The highest BCUT2D eigenvalue weighted by Gasteiger charge is 2.12. The maximum atomic E-state index is 6.47. The Hall–Kier alpha value is -2.25. The zero-order chi connectivity index (χ0) is 18.7. The van der Waals surface area contributed by atoms with Crippen LogP contribution in [0.25, 0.3) is 11.4 Å². The fourth-order valence-corrected chi connectivity index (χ4v) is 3.06. The van der Waals surface area contributed by atoms with Crippen LogP contribution in [0.5, 0.6) is 0 Å². The number of aromatic nitrogens is 5. The Balaban J connectivity index is 1.95. The van der Waals surface area contributed by atoms with E-state index >= 15 is 0 Å². The Kier molecular flexibility index (Phi) is 5.68. The summed E-state index contributed by atoms with van der Waals surface area (Å²) >= 11 is 11.8. The van der Waals surface area contributed by atoms with Gasteiger partial charge in [-0.1, -0.05) is 54.8 Å². The van der Waals surface area contributed by atoms with E-state index in [4.69, 9.17) is 23.8 Å². The molecule has 0 saturated heterocycles. The summed E-state index contributed by atoms with van der Waals surface area (Å²) in [5.74, 6) is 0.651. The molecule has 0 spiro atoms. The summed E-state index contributed by atoms with van der Waals surface area (Å²) in [4.78, 5) is 0. The molecule has 2 heterocycles. The number of benzene rings is 1. The molecule has 0 aliphatic carbocycles. The molecular weight excluding hydrogens is 368 g/mol. The molecule has 0 atom stereocenters. The Morgan fingerprint density at radius 1 is 1.27 bits per heavy atom. The van der Waals surface area contributed by atoms with E-state index in [0.717, 1.165) is 36.2 Å². The monoisotopic (exact) mass is 388 g/mol. The standard InChI is InChI=1S/C18H21ClN6S/c1-4-5-10-24-16(19)15(13(3)23-24)11-20-25-17(21-22-18(25)26)14-8-6-12(2)7-9-14/h6-9,11H,4-5,10H2,1-3H3,(H,22,26)/b20-11-. The first-order chi connectivity index (χ1) is 12.5. The van der Waals surface area contributed by atoms with Gasteiger partial charge < -0.3 is 0 Å². The van der Waals surface area contributed by atoms with Crippen LogP contribution >= 0.6 is 23.8 Å². The normalized spacial score (nSPS) is 11.5. The van der Waals surface area contributed by atoms with E-state index in [2.05, 4.69) is 27.3 Å². The molecule has 2 aromatic heterocycles. The van der Waals surface area contributed by atoms with Crippen molar-refractivity contribution >= 4 is 30.0 Å². The van der Waals surface area contributed by atoms with Crippen LogP contribution in [0.2, 0.25) is 5.15 Å².